The van der Waals surface area contributed by atoms with Gasteiger partial charge in [0.15, 0.2) is 0 Å². The molecule has 7 heteroatoms. The van der Waals surface area contributed by atoms with E-state index in [0.29, 0.717) is 0 Å². The van der Waals surface area contributed by atoms with E-state index in [-0.39, 0.29) is 27.8 Å². The van der Waals surface area contributed by atoms with Crippen molar-refractivity contribution in [3.8, 4) is 5.75 Å². The fraction of sp³-hybridized carbons (Fsp3) is 0.333. The van der Waals surface area contributed by atoms with Crippen molar-refractivity contribution in [1.29, 1.82) is 0 Å². The molecular formula is C12H13Cl2NO4. The van der Waals surface area contributed by atoms with Crippen LogP contribution < -0.4 is 10.1 Å². The number of aliphatic carboxylic acids is 1. The number of amides is 1. The first-order valence-electron chi connectivity index (χ1n) is 5.40. The van der Waals surface area contributed by atoms with Gasteiger partial charge in [-0.1, -0.05) is 23.2 Å². The second-order valence-electron chi connectivity index (χ2n) is 3.94. The average molecular weight is 306 g/mol. The van der Waals surface area contributed by atoms with E-state index in [2.05, 4.69) is 5.32 Å². The molecule has 2 N–H and O–H groups in total. The summed E-state index contributed by atoms with van der Waals surface area (Å²) in [5.41, 5.74) is 0.203. The number of hydrogen-bond acceptors (Lipinski definition) is 3. The van der Waals surface area contributed by atoms with E-state index in [0.717, 1.165) is 0 Å². The zero-order valence-electron chi connectivity index (χ0n) is 10.4. The lowest BCUT2D eigenvalue weighted by Gasteiger charge is -2.14. The number of carboxylic acid groups (broad SMARTS) is 1. The minimum absolute atomic E-state index is 0.171. The van der Waals surface area contributed by atoms with Gasteiger partial charge >= 0.3 is 5.97 Å². The van der Waals surface area contributed by atoms with Crippen molar-refractivity contribution in [1.82, 2.24) is 5.32 Å². The zero-order valence-corrected chi connectivity index (χ0v) is 11.9. The molecule has 1 rings (SSSR count). The number of benzene rings is 1. The van der Waals surface area contributed by atoms with Crippen molar-refractivity contribution >= 4 is 35.1 Å². The molecule has 1 unspecified atom stereocenters. The Hall–Kier alpha value is -1.46. The Morgan fingerprint density at radius 3 is 2.47 bits per heavy atom. The number of hydrogen-bond donors (Lipinski definition) is 2. The normalized spacial score (nSPS) is 11.8. The number of rotatable bonds is 5. The van der Waals surface area contributed by atoms with Crippen LogP contribution in [-0.4, -0.2) is 30.1 Å². The maximum atomic E-state index is 12.0. The van der Waals surface area contributed by atoms with E-state index < -0.39 is 17.9 Å². The van der Waals surface area contributed by atoms with Gasteiger partial charge in [0.25, 0.3) is 5.91 Å². The molecule has 1 amide bonds. The summed E-state index contributed by atoms with van der Waals surface area (Å²) in [6.07, 6.45) is -0.171. The van der Waals surface area contributed by atoms with Gasteiger partial charge in [-0.15, -0.1) is 0 Å². The quantitative estimate of drug-likeness (QED) is 0.876. The van der Waals surface area contributed by atoms with Crippen LogP contribution in [0.25, 0.3) is 0 Å². The van der Waals surface area contributed by atoms with Crippen LogP contribution in [0.4, 0.5) is 0 Å². The largest absolute Gasteiger partial charge is 0.496 e. The van der Waals surface area contributed by atoms with E-state index in [1.54, 1.807) is 6.92 Å². The van der Waals surface area contributed by atoms with E-state index in [1.807, 2.05) is 0 Å². The van der Waals surface area contributed by atoms with Crippen LogP contribution in [0.3, 0.4) is 0 Å². The molecule has 0 aliphatic heterocycles. The highest BCUT2D eigenvalue weighted by molar-refractivity contribution is 6.42. The first-order chi connectivity index (χ1) is 8.85. The molecule has 104 valence electrons. The summed E-state index contributed by atoms with van der Waals surface area (Å²) in [5, 5.41) is 11.7. The smallest absolute Gasteiger partial charge is 0.305 e. The Bertz CT molecular complexity index is 505. The van der Waals surface area contributed by atoms with E-state index in [1.165, 1.54) is 19.2 Å². The Morgan fingerprint density at radius 1 is 1.37 bits per heavy atom. The number of carbonyl (C=O) groups is 2. The second-order valence-corrected chi connectivity index (χ2v) is 4.75. The average Bonchev–Trinajstić information content (AvgIpc) is 2.30. The lowest BCUT2D eigenvalue weighted by Crippen LogP contribution is -2.34. The van der Waals surface area contributed by atoms with Gasteiger partial charge in [0.05, 0.1) is 29.1 Å². The molecule has 0 saturated heterocycles. The van der Waals surface area contributed by atoms with Crippen molar-refractivity contribution in [2.75, 3.05) is 7.11 Å². The van der Waals surface area contributed by atoms with Gasteiger partial charge in [-0.3, -0.25) is 9.59 Å². The summed E-state index contributed by atoms with van der Waals surface area (Å²) in [6.45, 7) is 1.59. The minimum atomic E-state index is -0.992. The molecule has 1 aromatic rings. The van der Waals surface area contributed by atoms with Crippen molar-refractivity contribution < 1.29 is 19.4 Å². The number of halogens is 2. The predicted octanol–water partition coefficient (Wildman–Crippen LogP) is 2.60. The molecule has 0 aliphatic carbocycles. The first kappa shape index (κ1) is 15.6. The van der Waals surface area contributed by atoms with Crippen LogP contribution in [0, 0.1) is 0 Å². The number of carboxylic acids is 1. The molecule has 0 saturated carbocycles. The predicted molar refractivity (Wildman–Crippen MR) is 72.2 cm³/mol. The topological polar surface area (TPSA) is 75.6 Å². The highest BCUT2D eigenvalue weighted by Gasteiger charge is 2.18. The molecule has 19 heavy (non-hydrogen) atoms. The Labute approximate surface area is 120 Å². The fourth-order valence-corrected chi connectivity index (χ4v) is 1.81. The minimum Gasteiger partial charge on any atom is -0.496 e. The van der Waals surface area contributed by atoms with Gasteiger partial charge in [-0.25, -0.2) is 0 Å². The number of nitrogens with one attached hydrogen (secondary N) is 1. The second kappa shape index (κ2) is 6.63. The summed E-state index contributed by atoms with van der Waals surface area (Å²) in [7, 11) is 1.40. The molecule has 5 nitrogen and oxygen atoms in total. The Kier molecular flexibility index (Phi) is 5.44. The molecule has 0 spiro atoms. The molecule has 0 fully saturated rings. The van der Waals surface area contributed by atoms with Crippen LogP contribution in [0.2, 0.25) is 10.0 Å². The number of carbonyl (C=O) groups excluding carboxylic acids is 1. The maximum absolute atomic E-state index is 12.0. The van der Waals surface area contributed by atoms with Crippen LogP contribution in [0.15, 0.2) is 12.1 Å². The monoisotopic (exact) mass is 305 g/mol. The molecule has 0 aliphatic rings. The summed E-state index contributed by atoms with van der Waals surface area (Å²) in [6, 6.07) is 2.30. The van der Waals surface area contributed by atoms with Crippen LogP contribution in [0.5, 0.6) is 5.75 Å². The molecule has 0 aromatic heterocycles. The summed E-state index contributed by atoms with van der Waals surface area (Å²) in [5.74, 6) is -1.19. The summed E-state index contributed by atoms with van der Waals surface area (Å²) in [4.78, 5) is 22.5. The van der Waals surface area contributed by atoms with E-state index in [9.17, 15) is 9.59 Å². The van der Waals surface area contributed by atoms with Gasteiger partial charge in [0.2, 0.25) is 0 Å². The van der Waals surface area contributed by atoms with Crippen LogP contribution in [-0.2, 0) is 4.79 Å². The number of methoxy groups -OCH3 is 1. The third kappa shape index (κ3) is 4.29. The Morgan fingerprint density at radius 2 is 1.95 bits per heavy atom. The SMILES string of the molecule is COc1cc(Cl)c(Cl)cc1C(=O)NC(C)CC(=O)O. The summed E-state index contributed by atoms with van der Waals surface area (Å²) >= 11 is 11.7. The van der Waals surface area contributed by atoms with Gasteiger partial charge in [-0.2, -0.15) is 0 Å². The molecular weight excluding hydrogens is 293 g/mol. The summed E-state index contributed by atoms with van der Waals surface area (Å²) < 4.78 is 5.04. The van der Waals surface area contributed by atoms with Crippen molar-refractivity contribution in [3.63, 3.8) is 0 Å². The Balaban J connectivity index is 2.93. The molecule has 0 radical (unpaired) electrons. The third-order valence-electron chi connectivity index (χ3n) is 2.35. The van der Waals surface area contributed by atoms with Crippen LogP contribution in [0.1, 0.15) is 23.7 Å². The van der Waals surface area contributed by atoms with E-state index in [4.69, 9.17) is 33.0 Å². The fourth-order valence-electron chi connectivity index (χ4n) is 1.49. The highest BCUT2D eigenvalue weighted by Crippen LogP contribution is 2.30. The van der Waals surface area contributed by atoms with Crippen molar-refractivity contribution in [3.05, 3.63) is 27.7 Å². The molecule has 1 atom stereocenters. The maximum Gasteiger partial charge on any atom is 0.305 e. The van der Waals surface area contributed by atoms with Gasteiger partial charge in [0.1, 0.15) is 5.75 Å². The van der Waals surface area contributed by atoms with Gasteiger partial charge in [0, 0.05) is 12.1 Å². The lowest BCUT2D eigenvalue weighted by atomic mass is 10.1. The highest BCUT2D eigenvalue weighted by atomic mass is 35.5. The first-order valence-corrected chi connectivity index (χ1v) is 6.16. The standard InChI is InChI=1S/C12H13Cl2NO4/c1-6(3-11(16)17)15-12(18)7-4-8(13)9(14)5-10(7)19-2/h4-6H,3H2,1-2H3,(H,15,18)(H,16,17). The van der Waals surface area contributed by atoms with Gasteiger partial charge < -0.3 is 15.2 Å². The third-order valence-corrected chi connectivity index (χ3v) is 3.07. The van der Waals surface area contributed by atoms with Gasteiger partial charge in [-0.05, 0) is 13.0 Å². The molecule has 0 heterocycles. The number of ether oxygens (including phenoxy) is 1. The van der Waals surface area contributed by atoms with Crippen LogP contribution >= 0.6 is 23.2 Å². The lowest BCUT2D eigenvalue weighted by molar-refractivity contribution is -0.137. The molecule has 1 aromatic carbocycles. The molecule has 0 bridgehead atoms. The van der Waals surface area contributed by atoms with Crippen molar-refractivity contribution in [2.24, 2.45) is 0 Å². The van der Waals surface area contributed by atoms with Crippen molar-refractivity contribution in [2.45, 2.75) is 19.4 Å². The van der Waals surface area contributed by atoms with E-state index >= 15 is 0 Å². The zero-order chi connectivity index (χ0) is 14.6.